The van der Waals surface area contributed by atoms with Gasteiger partial charge >= 0.3 is 0 Å². The Kier molecular flexibility index (Phi) is 7.31. The molecule has 0 aromatic carbocycles. The van der Waals surface area contributed by atoms with E-state index in [0.717, 1.165) is 25.8 Å². The Bertz CT molecular complexity index is 437. The average molecular weight is 287 g/mol. The van der Waals surface area contributed by atoms with Gasteiger partial charge in [0.2, 0.25) is 0 Å². The summed E-state index contributed by atoms with van der Waals surface area (Å²) in [6.45, 7) is 11.2. The van der Waals surface area contributed by atoms with Crippen molar-refractivity contribution >= 4 is 5.91 Å². The second-order valence-corrected chi connectivity index (χ2v) is 5.24. The molecule has 21 heavy (non-hydrogen) atoms. The van der Waals surface area contributed by atoms with Crippen LogP contribution in [-0.2, 0) is 4.79 Å². The van der Waals surface area contributed by atoms with Gasteiger partial charge < -0.3 is 9.80 Å². The molecule has 1 rings (SSSR count). The van der Waals surface area contributed by atoms with Gasteiger partial charge in [-0.2, -0.15) is 5.26 Å². The van der Waals surface area contributed by atoms with Gasteiger partial charge in [0, 0.05) is 31.9 Å². The maximum Gasteiger partial charge on any atom is 0.266 e. The van der Waals surface area contributed by atoms with Crippen LogP contribution in [0.1, 0.15) is 32.6 Å². The SMILES string of the molecule is C=CCN(CC=C)C(=O)/C(C#N)=C\N1CCCCC1CC. The van der Waals surface area contributed by atoms with Crippen LogP contribution in [0.2, 0.25) is 0 Å². The molecule has 0 aromatic heterocycles. The van der Waals surface area contributed by atoms with Crippen LogP contribution in [-0.4, -0.2) is 41.4 Å². The Labute approximate surface area is 128 Å². The minimum Gasteiger partial charge on any atom is -0.373 e. The zero-order chi connectivity index (χ0) is 15.7. The highest BCUT2D eigenvalue weighted by molar-refractivity contribution is 5.97. The van der Waals surface area contributed by atoms with E-state index in [4.69, 9.17) is 0 Å². The molecule has 0 radical (unpaired) electrons. The van der Waals surface area contributed by atoms with Gasteiger partial charge in [0.15, 0.2) is 0 Å². The minimum absolute atomic E-state index is 0.194. The van der Waals surface area contributed by atoms with Gasteiger partial charge in [-0.3, -0.25) is 4.79 Å². The number of hydrogen-bond donors (Lipinski definition) is 0. The minimum atomic E-state index is -0.252. The standard InChI is InChI=1S/C17H25N3O/c1-4-10-19(11-5-2)17(21)15(13-18)14-20-12-8-7-9-16(20)6-3/h4-5,14,16H,1-2,6-12H2,3H3/b15-14-. The summed E-state index contributed by atoms with van der Waals surface area (Å²) in [4.78, 5) is 16.2. The molecule has 1 unspecified atom stereocenters. The maximum absolute atomic E-state index is 12.4. The number of piperidine rings is 1. The van der Waals surface area contributed by atoms with Crippen molar-refractivity contribution in [1.82, 2.24) is 9.80 Å². The number of likely N-dealkylation sites (tertiary alicyclic amines) is 1. The molecule has 0 aliphatic carbocycles. The molecule has 1 aliphatic rings. The fourth-order valence-electron chi connectivity index (χ4n) is 2.65. The third kappa shape index (κ3) is 4.78. The van der Waals surface area contributed by atoms with Crippen LogP contribution in [0.15, 0.2) is 37.1 Å². The van der Waals surface area contributed by atoms with Gasteiger partial charge in [-0.15, -0.1) is 13.2 Å². The first-order chi connectivity index (χ1) is 10.2. The molecule has 4 heteroatoms. The molecular formula is C17H25N3O. The second-order valence-electron chi connectivity index (χ2n) is 5.24. The molecular weight excluding hydrogens is 262 g/mol. The van der Waals surface area contributed by atoms with Crippen molar-refractivity contribution in [3.05, 3.63) is 37.1 Å². The van der Waals surface area contributed by atoms with Gasteiger partial charge in [0.25, 0.3) is 5.91 Å². The van der Waals surface area contributed by atoms with Crippen LogP contribution in [0.5, 0.6) is 0 Å². The number of nitrogens with zero attached hydrogens (tertiary/aromatic N) is 3. The number of carbonyl (C=O) groups excluding carboxylic acids is 1. The van der Waals surface area contributed by atoms with E-state index in [2.05, 4.69) is 31.1 Å². The highest BCUT2D eigenvalue weighted by Gasteiger charge is 2.22. The lowest BCUT2D eigenvalue weighted by molar-refractivity contribution is -0.125. The third-order valence-electron chi connectivity index (χ3n) is 3.78. The van der Waals surface area contributed by atoms with Crippen LogP contribution < -0.4 is 0 Å². The van der Waals surface area contributed by atoms with Crippen molar-refractivity contribution in [2.24, 2.45) is 0 Å². The summed E-state index contributed by atoms with van der Waals surface area (Å²) < 4.78 is 0. The number of hydrogen-bond acceptors (Lipinski definition) is 3. The molecule has 4 nitrogen and oxygen atoms in total. The molecule has 0 N–H and O–H groups in total. The number of amides is 1. The van der Waals surface area contributed by atoms with Crippen LogP contribution in [0.3, 0.4) is 0 Å². The largest absolute Gasteiger partial charge is 0.373 e. The lowest BCUT2D eigenvalue weighted by Crippen LogP contribution is -2.37. The van der Waals surface area contributed by atoms with Crippen molar-refractivity contribution in [1.29, 1.82) is 5.26 Å². The molecule has 1 atom stereocenters. The predicted octanol–water partition coefficient (Wildman–Crippen LogP) is 2.86. The molecule has 0 bridgehead atoms. The molecule has 1 aliphatic heterocycles. The van der Waals surface area contributed by atoms with E-state index in [1.54, 1.807) is 23.3 Å². The molecule has 114 valence electrons. The number of carbonyl (C=O) groups is 1. The topological polar surface area (TPSA) is 47.3 Å². The first kappa shape index (κ1) is 17.0. The molecule has 1 fully saturated rings. The van der Waals surface area contributed by atoms with Gasteiger partial charge in [-0.1, -0.05) is 19.1 Å². The summed E-state index contributed by atoms with van der Waals surface area (Å²) in [6.07, 6.45) is 9.56. The normalized spacial score (nSPS) is 18.8. The highest BCUT2D eigenvalue weighted by Crippen LogP contribution is 2.20. The second kappa shape index (κ2) is 9.02. The van der Waals surface area contributed by atoms with Crippen LogP contribution >= 0.6 is 0 Å². The fourth-order valence-corrected chi connectivity index (χ4v) is 2.65. The smallest absolute Gasteiger partial charge is 0.266 e. The van der Waals surface area contributed by atoms with E-state index in [1.807, 2.05) is 0 Å². The van der Waals surface area contributed by atoms with E-state index in [0.29, 0.717) is 19.1 Å². The maximum atomic E-state index is 12.4. The molecule has 0 saturated carbocycles. The van der Waals surface area contributed by atoms with Gasteiger partial charge in [-0.25, -0.2) is 0 Å². The van der Waals surface area contributed by atoms with Crippen molar-refractivity contribution in [2.75, 3.05) is 19.6 Å². The summed E-state index contributed by atoms with van der Waals surface area (Å²) in [5.41, 5.74) is 0.194. The first-order valence-corrected chi connectivity index (χ1v) is 7.56. The Hall–Kier alpha value is -2.02. The summed E-state index contributed by atoms with van der Waals surface area (Å²) in [7, 11) is 0. The van der Waals surface area contributed by atoms with Crippen LogP contribution in [0, 0.1) is 11.3 Å². The number of nitriles is 1. The Morgan fingerprint density at radius 1 is 1.38 bits per heavy atom. The fraction of sp³-hybridized carbons (Fsp3) is 0.529. The Morgan fingerprint density at radius 2 is 2.05 bits per heavy atom. The van der Waals surface area contributed by atoms with Crippen molar-refractivity contribution < 1.29 is 4.79 Å². The summed E-state index contributed by atoms with van der Waals surface area (Å²) >= 11 is 0. The lowest BCUT2D eigenvalue weighted by atomic mass is 10.0. The van der Waals surface area contributed by atoms with E-state index >= 15 is 0 Å². The number of rotatable bonds is 7. The molecule has 1 saturated heterocycles. The van der Waals surface area contributed by atoms with E-state index in [1.165, 1.54) is 6.42 Å². The van der Waals surface area contributed by atoms with Gasteiger partial charge in [-0.05, 0) is 25.7 Å². The molecule has 1 heterocycles. The quantitative estimate of drug-likeness (QED) is 0.411. The zero-order valence-electron chi connectivity index (χ0n) is 12.9. The van der Waals surface area contributed by atoms with Gasteiger partial charge in [0.05, 0.1) is 0 Å². The highest BCUT2D eigenvalue weighted by atomic mass is 16.2. The summed E-state index contributed by atoms with van der Waals surface area (Å²) in [5, 5.41) is 9.33. The van der Waals surface area contributed by atoms with E-state index in [9.17, 15) is 10.1 Å². The summed E-state index contributed by atoms with van der Waals surface area (Å²) in [5.74, 6) is -0.252. The molecule has 0 aromatic rings. The molecule has 0 spiro atoms. The molecule has 1 amide bonds. The van der Waals surface area contributed by atoms with Crippen molar-refractivity contribution in [2.45, 2.75) is 38.6 Å². The van der Waals surface area contributed by atoms with Crippen molar-refractivity contribution in [3.8, 4) is 6.07 Å². The summed E-state index contributed by atoms with van der Waals surface area (Å²) in [6, 6.07) is 2.48. The Balaban J connectivity index is 2.90. The van der Waals surface area contributed by atoms with Crippen LogP contribution in [0.4, 0.5) is 0 Å². The lowest BCUT2D eigenvalue weighted by Gasteiger charge is -2.34. The van der Waals surface area contributed by atoms with Gasteiger partial charge in [0.1, 0.15) is 11.6 Å². The average Bonchev–Trinajstić information content (AvgIpc) is 2.52. The monoisotopic (exact) mass is 287 g/mol. The Morgan fingerprint density at radius 3 is 2.57 bits per heavy atom. The van der Waals surface area contributed by atoms with E-state index < -0.39 is 0 Å². The predicted molar refractivity (Wildman–Crippen MR) is 85.3 cm³/mol. The first-order valence-electron chi connectivity index (χ1n) is 7.56. The van der Waals surface area contributed by atoms with Crippen LogP contribution in [0.25, 0.3) is 0 Å². The third-order valence-corrected chi connectivity index (χ3v) is 3.78. The van der Waals surface area contributed by atoms with E-state index in [-0.39, 0.29) is 11.5 Å². The van der Waals surface area contributed by atoms with Crippen molar-refractivity contribution in [3.63, 3.8) is 0 Å². The zero-order valence-corrected chi connectivity index (χ0v) is 12.9.